The van der Waals surface area contributed by atoms with E-state index in [1.54, 1.807) is 0 Å². The lowest BCUT2D eigenvalue weighted by Gasteiger charge is -2.14. The fraction of sp³-hybridized carbons (Fsp3) is 0.0667. The molecule has 0 amide bonds. The Morgan fingerprint density at radius 3 is 2.60 bits per heavy atom. The first-order valence-electron chi connectivity index (χ1n) is 6.71. The Bertz CT molecular complexity index is 1030. The maximum atomic E-state index is 14.0. The molecule has 0 unspecified atom stereocenters. The Morgan fingerprint density at radius 2 is 1.92 bits per heavy atom. The number of benzene rings is 2. The fourth-order valence-electron chi connectivity index (χ4n) is 2.25. The number of alkyl halides is 3. The van der Waals surface area contributed by atoms with E-state index in [0.29, 0.717) is 0 Å². The van der Waals surface area contributed by atoms with E-state index in [-0.39, 0.29) is 21.1 Å². The second-order valence-electron chi connectivity index (χ2n) is 5.00. The van der Waals surface area contributed by atoms with Gasteiger partial charge in [0.1, 0.15) is 17.6 Å². The zero-order valence-electron chi connectivity index (χ0n) is 12.1. The Balaban J connectivity index is 2.17. The van der Waals surface area contributed by atoms with E-state index < -0.39 is 29.1 Å². The van der Waals surface area contributed by atoms with Crippen LogP contribution in [0.4, 0.5) is 23.2 Å². The molecule has 0 spiro atoms. The zero-order valence-corrected chi connectivity index (χ0v) is 13.7. The van der Waals surface area contributed by atoms with Gasteiger partial charge in [0.25, 0.3) is 5.56 Å². The molecule has 0 bridgehead atoms. The molecule has 0 saturated carbocycles. The molecule has 5 nitrogen and oxygen atoms in total. The molecule has 0 aliphatic carbocycles. The quantitative estimate of drug-likeness (QED) is 0.376. The van der Waals surface area contributed by atoms with Crippen molar-refractivity contribution in [1.82, 2.24) is 9.55 Å². The highest BCUT2D eigenvalue weighted by Crippen LogP contribution is 2.30. The summed E-state index contributed by atoms with van der Waals surface area (Å²) in [6.45, 7) is 0. The van der Waals surface area contributed by atoms with Crippen LogP contribution < -0.4 is 10.9 Å². The molecule has 0 radical (unpaired) electrons. The van der Waals surface area contributed by atoms with Crippen LogP contribution in [0, 0.1) is 5.82 Å². The summed E-state index contributed by atoms with van der Waals surface area (Å²) in [7, 11) is 0. The highest BCUT2D eigenvalue weighted by Gasteiger charge is 2.28. The number of nitrogens with one attached hydrogen (secondary N) is 1. The average molecular weight is 418 g/mol. The van der Waals surface area contributed by atoms with Crippen LogP contribution in [0.25, 0.3) is 16.6 Å². The van der Waals surface area contributed by atoms with Crippen molar-refractivity contribution in [1.29, 1.82) is 0 Å². The minimum Gasteiger partial charge on any atom is -0.506 e. The van der Waals surface area contributed by atoms with Gasteiger partial charge in [0, 0.05) is 0 Å². The Labute approximate surface area is 145 Å². The molecule has 0 saturated heterocycles. The lowest BCUT2D eigenvalue weighted by atomic mass is 10.2. The van der Waals surface area contributed by atoms with Gasteiger partial charge in [-0.3, -0.25) is 14.7 Å². The summed E-state index contributed by atoms with van der Waals surface area (Å²) in [5, 5.41) is 10.7. The number of phenolic OH excluding ortho intramolecular Hbond substituents is 1. The molecular formula is C15H8BrF4N3O2. The summed E-state index contributed by atoms with van der Waals surface area (Å²) < 4.78 is 52.5. The van der Waals surface area contributed by atoms with E-state index in [0.717, 1.165) is 23.0 Å². The van der Waals surface area contributed by atoms with Crippen LogP contribution in [-0.2, 0) is 0 Å². The van der Waals surface area contributed by atoms with E-state index >= 15 is 0 Å². The van der Waals surface area contributed by atoms with E-state index in [9.17, 15) is 27.5 Å². The Hall–Kier alpha value is -2.62. The van der Waals surface area contributed by atoms with Gasteiger partial charge in [-0.2, -0.15) is 13.2 Å². The van der Waals surface area contributed by atoms with Gasteiger partial charge in [-0.25, -0.2) is 9.37 Å². The van der Waals surface area contributed by atoms with Crippen LogP contribution in [0.3, 0.4) is 0 Å². The predicted octanol–water partition coefficient (Wildman–Crippen LogP) is 3.92. The molecule has 0 atom stereocenters. The van der Waals surface area contributed by atoms with Gasteiger partial charge in [-0.15, -0.1) is 0 Å². The molecule has 10 heteroatoms. The maximum Gasteiger partial charge on any atom is 0.482 e. The molecule has 25 heavy (non-hydrogen) atoms. The number of nitrogens with zero attached hydrogens (tertiary/aromatic N) is 2. The summed E-state index contributed by atoms with van der Waals surface area (Å²) in [6, 6.07) is 5.86. The number of aromatic nitrogens is 2. The predicted molar refractivity (Wildman–Crippen MR) is 86.3 cm³/mol. The van der Waals surface area contributed by atoms with Gasteiger partial charge >= 0.3 is 6.30 Å². The first-order chi connectivity index (χ1) is 11.7. The number of hydrogen-bond acceptors (Lipinski definition) is 4. The van der Waals surface area contributed by atoms with Gasteiger partial charge in [-0.05, 0) is 46.3 Å². The maximum absolute atomic E-state index is 14.0. The van der Waals surface area contributed by atoms with Crippen LogP contribution in [0.5, 0.6) is 5.75 Å². The summed E-state index contributed by atoms with van der Waals surface area (Å²) in [5.41, 5.74) is -1.44. The molecule has 2 N–H and O–H groups in total. The topological polar surface area (TPSA) is 67.2 Å². The summed E-state index contributed by atoms with van der Waals surface area (Å²) in [6.07, 6.45) is -3.76. The molecule has 0 aliphatic heterocycles. The molecule has 130 valence electrons. The van der Waals surface area contributed by atoms with Crippen molar-refractivity contribution in [2.75, 3.05) is 5.32 Å². The minimum atomic E-state index is -4.77. The van der Waals surface area contributed by atoms with Crippen molar-refractivity contribution < 1.29 is 22.7 Å². The smallest absolute Gasteiger partial charge is 0.482 e. The van der Waals surface area contributed by atoms with Crippen LogP contribution >= 0.6 is 15.9 Å². The first kappa shape index (κ1) is 17.2. The molecular weight excluding hydrogens is 410 g/mol. The van der Waals surface area contributed by atoms with Gasteiger partial charge in [-0.1, -0.05) is 0 Å². The van der Waals surface area contributed by atoms with Crippen LogP contribution in [0.15, 0.2) is 45.9 Å². The zero-order chi connectivity index (χ0) is 18.4. The Kier molecular flexibility index (Phi) is 4.15. The first-order valence-corrected chi connectivity index (χ1v) is 7.50. The molecule has 3 rings (SSSR count). The molecule has 0 aliphatic rings. The second-order valence-corrected chi connectivity index (χ2v) is 5.86. The summed E-state index contributed by atoms with van der Waals surface area (Å²) in [5.74, 6) is -1.36. The number of rotatable bonds is 2. The van der Waals surface area contributed by atoms with Crippen molar-refractivity contribution in [3.8, 4) is 11.4 Å². The van der Waals surface area contributed by atoms with E-state index in [1.807, 2.05) is 0 Å². The molecule has 1 heterocycles. The lowest BCUT2D eigenvalue weighted by Crippen LogP contribution is -2.22. The number of aromatic hydroxyl groups is 1. The van der Waals surface area contributed by atoms with Crippen LogP contribution in [0.1, 0.15) is 0 Å². The standard InChI is InChI=1S/C15H8BrF4N3O2/c16-9-3-2-8-13(12(9)17)21-6-23(14(8)25)7-1-4-11(24)10(5-7)22-15(18,19)20/h1-6,22,24H. The number of halogens is 5. The number of fused-ring (bicyclic) bond motifs is 1. The average Bonchev–Trinajstić information content (AvgIpc) is 2.52. The van der Waals surface area contributed by atoms with E-state index in [1.165, 1.54) is 23.5 Å². The number of phenols is 1. The Morgan fingerprint density at radius 1 is 1.20 bits per heavy atom. The van der Waals surface area contributed by atoms with Gasteiger partial charge in [0.15, 0.2) is 5.82 Å². The summed E-state index contributed by atoms with van der Waals surface area (Å²) >= 11 is 2.98. The number of hydrogen-bond donors (Lipinski definition) is 2. The monoisotopic (exact) mass is 417 g/mol. The van der Waals surface area contributed by atoms with E-state index in [4.69, 9.17) is 0 Å². The number of anilines is 1. The lowest BCUT2D eigenvalue weighted by molar-refractivity contribution is -0.100. The van der Waals surface area contributed by atoms with Gasteiger partial charge in [0.2, 0.25) is 0 Å². The molecule has 2 aromatic carbocycles. The van der Waals surface area contributed by atoms with Gasteiger partial charge in [0.05, 0.1) is 21.2 Å². The molecule has 3 aromatic rings. The largest absolute Gasteiger partial charge is 0.506 e. The van der Waals surface area contributed by atoms with Crippen molar-refractivity contribution in [3.05, 3.63) is 57.3 Å². The highest BCUT2D eigenvalue weighted by molar-refractivity contribution is 9.10. The molecule has 1 aromatic heterocycles. The molecule has 0 fully saturated rings. The van der Waals surface area contributed by atoms with Crippen LogP contribution in [-0.4, -0.2) is 21.0 Å². The fourth-order valence-corrected chi connectivity index (χ4v) is 2.57. The highest BCUT2D eigenvalue weighted by atomic mass is 79.9. The third-order valence-electron chi connectivity index (χ3n) is 3.36. The van der Waals surface area contributed by atoms with Crippen molar-refractivity contribution in [2.24, 2.45) is 0 Å². The minimum absolute atomic E-state index is 0.0206. The van der Waals surface area contributed by atoms with Crippen molar-refractivity contribution >= 4 is 32.5 Å². The van der Waals surface area contributed by atoms with Crippen molar-refractivity contribution in [3.63, 3.8) is 0 Å². The second kappa shape index (κ2) is 6.03. The third-order valence-corrected chi connectivity index (χ3v) is 3.97. The normalized spacial score (nSPS) is 11.7. The van der Waals surface area contributed by atoms with E-state index in [2.05, 4.69) is 20.9 Å². The SMILES string of the molecule is O=c1c2ccc(Br)c(F)c2ncn1-c1ccc(O)c(NC(F)(F)F)c1. The third kappa shape index (κ3) is 3.29. The summed E-state index contributed by atoms with van der Waals surface area (Å²) in [4.78, 5) is 16.4. The van der Waals surface area contributed by atoms with Crippen molar-refractivity contribution in [2.45, 2.75) is 6.30 Å². The van der Waals surface area contributed by atoms with Gasteiger partial charge < -0.3 is 5.11 Å². The van der Waals surface area contributed by atoms with Crippen LogP contribution in [0.2, 0.25) is 0 Å².